The Bertz CT molecular complexity index is 393. The monoisotopic (exact) mass is 234 g/mol. The van der Waals surface area contributed by atoms with Crippen molar-refractivity contribution < 1.29 is 15.0 Å². The first-order valence-electron chi connectivity index (χ1n) is 5.87. The van der Waals surface area contributed by atoms with E-state index >= 15 is 0 Å². The molecule has 0 saturated carbocycles. The van der Waals surface area contributed by atoms with Crippen LogP contribution in [0.3, 0.4) is 0 Å². The Morgan fingerprint density at radius 3 is 2.29 bits per heavy atom. The summed E-state index contributed by atoms with van der Waals surface area (Å²) in [4.78, 5) is 11.1. The minimum absolute atomic E-state index is 0.102. The summed E-state index contributed by atoms with van der Waals surface area (Å²) in [6.45, 7) is 2.06. The van der Waals surface area contributed by atoms with Crippen LogP contribution in [-0.2, 0) is 4.79 Å². The molecule has 92 valence electrons. The molecular weight excluding hydrogens is 216 g/mol. The van der Waals surface area contributed by atoms with E-state index in [1.807, 2.05) is 6.07 Å². The maximum Gasteiger partial charge on any atom is 0.335 e. The first-order chi connectivity index (χ1) is 8.16. The second kappa shape index (κ2) is 6.74. The minimum Gasteiger partial charge on any atom is -0.507 e. The molecule has 0 unspecified atom stereocenters. The van der Waals surface area contributed by atoms with Gasteiger partial charge < -0.3 is 10.2 Å². The summed E-state index contributed by atoms with van der Waals surface area (Å²) >= 11 is 0. The summed E-state index contributed by atoms with van der Waals surface area (Å²) in [6.07, 6.45) is 3.19. The number of hydrogen-bond donors (Lipinski definition) is 2. The second-order valence-corrected chi connectivity index (χ2v) is 3.96. The van der Waals surface area contributed by atoms with Crippen molar-refractivity contribution in [3.8, 4) is 0 Å². The van der Waals surface area contributed by atoms with Gasteiger partial charge in [-0.3, -0.25) is 0 Å². The number of aliphatic hydroxyl groups is 1. The van der Waals surface area contributed by atoms with E-state index in [2.05, 4.69) is 6.92 Å². The van der Waals surface area contributed by atoms with E-state index in [-0.39, 0.29) is 11.3 Å². The maximum absolute atomic E-state index is 11.1. The van der Waals surface area contributed by atoms with E-state index in [9.17, 15) is 9.90 Å². The molecule has 0 aliphatic heterocycles. The lowest BCUT2D eigenvalue weighted by molar-refractivity contribution is -0.132. The first kappa shape index (κ1) is 13.3. The predicted molar refractivity (Wildman–Crippen MR) is 67.8 cm³/mol. The van der Waals surface area contributed by atoms with Crippen molar-refractivity contribution >= 4 is 11.7 Å². The average molecular weight is 234 g/mol. The lowest BCUT2D eigenvalue weighted by atomic mass is 10.0. The van der Waals surface area contributed by atoms with Gasteiger partial charge in [0.05, 0.1) is 5.57 Å². The van der Waals surface area contributed by atoms with Crippen LogP contribution >= 0.6 is 0 Å². The van der Waals surface area contributed by atoms with Gasteiger partial charge in [-0.1, -0.05) is 50.1 Å². The maximum atomic E-state index is 11.1. The quantitative estimate of drug-likeness (QED) is 0.449. The van der Waals surface area contributed by atoms with Crippen LogP contribution in [0.1, 0.15) is 38.2 Å². The zero-order valence-electron chi connectivity index (χ0n) is 10.0. The molecule has 0 aliphatic rings. The summed E-state index contributed by atoms with van der Waals surface area (Å²) in [5.74, 6) is -1.16. The lowest BCUT2D eigenvalue weighted by Crippen LogP contribution is -2.04. The van der Waals surface area contributed by atoms with Gasteiger partial charge in [-0.15, -0.1) is 0 Å². The molecule has 3 heteroatoms. The van der Waals surface area contributed by atoms with Crippen molar-refractivity contribution in [2.24, 2.45) is 0 Å². The van der Waals surface area contributed by atoms with E-state index in [0.717, 1.165) is 19.3 Å². The van der Waals surface area contributed by atoms with Gasteiger partial charge in [-0.2, -0.15) is 0 Å². The Hall–Kier alpha value is -1.77. The first-order valence-corrected chi connectivity index (χ1v) is 5.87. The topological polar surface area (TPSA) is 57.5 Å². The molecule has 0 aliphatic carbocycles. The highest BCUT2D eigenvalue weighted by molar-refractivity contribution is 5.94. The molecule has 0 aromatic heterocycles. The summed E-state index contributed by atoms with van der Waals surface area (Å²) in [5.41, 5.74) is 0.658. The van der Waals surface area contributed by atoms with Gasteiger partial charge in [-0.05, 0) is 12.8 Å². The summed E-state index contributed by atoms with van der Waals surface area (Å²) in [7, 11) is 0. The van der Waals surface area contributed by atoms with Crippen LogP contribution in [0.5, 0.6) is 0 Å². The molecule has 0 amide bonds. The van der Waals surface area contributed by atoms with Gasteiger partial charge in [-0.25, -0.2) is 4.79 Å². The molecule has 1 aromatic rings. The number of benzene rings is 1. The van der Waals surface area contributed by atoms with Crippen LogP contribution in [0, 0.1) is 0 Å². The highest BCUT2D eigenvalue weighted by Crippen LogP contribution is 2.20. The van der Waals surface area contributed by atoms with Gasteiger partial charge in [0, 0.05) is 5.56 Å². The molecule has 0 fully saturated rings. The fourth-order valence-corrected chi connectivity index (χ4v) is 1.65. The molecule has 3 nitrogen and oxygen atoms in total. The molecule has 0 saturated heterocycles. The van der Waals surface area contributed by atoms with Crippen LogP contribution < -0.4 is 0 Å². The lowest BCUT2D eigenvalue weighted by Gasteiger charge is -2.06. The van der Waals surface area contributed by atoms with E-state index in [0.29, 0.717) is 12.0 Å². The normalized spacial score (nSPS) is 12.1. The Labute approximate surface area is 101 Å². The third-order valence-electron chi connectivity index (χ3n) is 2.62. The molecule has 17 heavy (non-hydrogen) atoms. The zero-order valence-corrected chi connectivity index (χ0v) is 10.0. The number of carboxylic acid groups (broad SMARTS) is 1. The molecule has 0 atom stereocenters. The zero-order chi connectivity index (χ0) is 12.7. The predicted octanol–water partition coefficient (Wildman–Crippen LogP) is 3.62. The van der Waals surface area contributed by atoms with Crippen LogP contribution in [-0.4, -0.2) is 16.2 Å². The summed E-state index contributed by atoms with van der Waals surface area (Å²) in [6, 6.07) is 8.79. The van der Waals surface area contributed by atoms with E-state index < -0.39 is 5.97 Å². The third kappa shape index (κ3) is 3.94. The molecule has 1 rings (SSSR count). The number of unbranched alkanes of at least 4 members (excludes halogenated alkanes) is 2. The van der Waals surface area contributed by atoms with Crippen molar-refractivity contribution in [1.82, 2.24) is 0 Å². The van der Waals surface area contributed by atoms with Crippen molar-refractivity contribution in [3.63, 3.8) is 0 Å². The van der Waals surface area contributed by atoms with Crippen molar-refractivity contribution in [2.75, 3.05) is 0 Å². The second-order valence-electron chi connectivity index (χ2n) is 3.96. The third-order valence-corrected chi connectivity index (χ3v) is 2.62. The molecule has 0 radical (unpaired) electrons. The van der Waals surface area contributed by atoms with Gasteiger partial charge >= 0.3 is 5.97 Å². The number of aliphatic carboxylic acids is 1. The van der Waals surface area contributed by atoms with Gasteiger partial charge in [0.25, 0.3) is 0 Å². The number of carboxylic acids is 1. The summed E-state index contributed by atoms with van der Waals surface area (Å²) < 4.78 is 0. The molecule has 0 heterocycles. The number of rotatable bonds is 6. The smallest absolute Gasteiger partial charge is 0.335 e. The molecule has 2 N–H and O–H groups in total. The standard InChI is InChI=1S/C14H18O3/c1-2-3-5-10-12(14(16)17)13(15)11-8-6-4-7-9-11/h4,6-9,15H,2-3,5,10H2,1H3,(H,16,17). The van der Waals surface area contributed by atoms with E-state index in [1.165, 1.54) is 0 Å². The molecular formula is C14H18O3. The van der Waals surface area contributed by atoms with Gasteiger partial charge in [0.2, 0.25) is 0 Å². The Balaban J connectivity index is 2.91. The largest absolute Gasteiger partial charge is 0.507 e. The van der Waals surface area contributed by atoms with Crippen LogP contribution in [0.4, 0.5) is 0 Å². The fraction of sp³-hybridized carbons (Fsp3) is 0.357. The number of aliphatic hydroxyl groups excluding tert-OH is 1. The molecule has 1 aromatic carbocycles. The highest BCUT2D eigenvalue weighted by atomic mass is 16.4. The molecule has 0 spiro atoms. The summed E-state index contributed by atoms with van der Waals surface area (Å²) in [5, 5.41) is 19.0. The van der Waals surface area contributed by atoms with E-state index in [1.54, 1.807) is 24.3 Å². The Morgan fingerprint density at radius 2 is 1.76 bits per heavy atom. The Morgan fingerprint density at radius 1 is 1.12 bits per heavy atom. The fourth-order valence-electron chi connectivity index (χ4n) is 1.65. The number of hydrogen-bond acceptors (Lipinski definition) is 2. The average Bonchev–Trinajstić information content (AvgIpc) is 2.34. The van der Waals surface area contributed by atoms with Crippen molar-refractivity contribution in [1.29, 1.82) is 0 Å². The van der Waals surface area contributed by atoms with Crippen LogP contribution in [0.15, 0.2) is 35.9 Å². The number of carbonyl (C=O) groups is 1. The highest BCUT2D eigenvalue weighted by Gasteiger charge is 2.14. The SMILES string of the molecule is CCCCCC(C(=O)O)=C(O)c1ccccc1. The Kier molecular flexibility index (Phi) is 5.27. The van der Waals surface area contributed by atoms with Crippen molar-refractivity contribution in [2.45, 2.75) is 32.6 Å². The molecule has 0 bridgehead atoms. The van der Waals surface area contributed by atoms with Crippen molar-refractivity contribution in [3.05, 3.63) is 41.5 Å². The van der Waals surface area contributed by atoms with Crippen LogP contribution in [0.2, 0.25) is 0 Å². The minimum atomic E-state index is -1.04. The van der Waals surface area contributed by atoms with Gasteiger partial charge in [0.15, 0.2) is 0 Å². The van der Waals surface area contributed by atoms with E-state index in [4.69, 9.17) is 5.11 Å². The van der Waals surface area contributed by atoms with Gasteiger partial charge in [0.1, 0.15) is 5.76 Å². The van der Waals surface area contributed by atoms with Crippen LogP contribution in [0.25, 0.3) is 5.76 Å².